The van der Waals surface area contributed by atoms with Crippen LogP contribution < -0.4 is 11.1 Å². The van der Waals surface area contributed by atoms with Gasteiger partial charge in [0.1, 0.15) is 0 Å². The average Bonchev–Trinajstić information content (AvgIpc) is 2.78. The molecule has 0 bridgehead atoms. The third-order valence-corrected chi connectivity index (χ3v) is 3.03. The molecule has 17 heavy (non-hydrogen) atoms. The lowest BCUT2D eigenvalue weighted by molar-refractivity contribution is -0.117. The summed E-state index contributed by atoms with van der Waals surface area (Å²) in [7, 11) is 0. The number of nitrogens with two attached hydrogens (primary N) is 1. The molecule has 94 valence electrons. The van der Waals surface area contributed by atoms with Crippen molar-refractivity contribution in [3.63, 3.8) is 0 Å². The molecule has 0 unspecified atom stereocenters. The van der Waals surface area contributed by atoms with Crippen LogP contribution in [0.15, 0.2) is 4.52 Å². The number of rotatable bonds is 5. The SMILES string of the molecule is NC(=O)CNCc1nc(C2CCCCC2)no1. The molecular formula is C11H18N4O2. The molecule has 1 aromatic heterocycles. The molecule has 6 heteroatoms. The Labute approximate surface area is 99.9 Å². The molecule has 0 spiro atoms. The van der Waals surface area contributed by atoms with Crippen LogP contribution in [0.3, 0.4) is 0 Å². The van der Waals surface area contributed by atoms with Crippen LogP contribution in [0.2, 0.25) is 0 Å². The van der Waals surface area contributed by atoms with Crippen molar-refractivity contribution in [2.24, 2.45) is 5.73 Å². The molecule has 6 nitrogen and oxygen atoms in total. The van der Waals surface area contributed by atoms with Gasteiger partial charge >= 0.3 is 0 Å². The van der Waals surface area contributed by atoms with Gasteiger partial charge < -0.3 is 10.3 Å². The molecule has 1 aliphatic carbocycles. The lowest BCUT2D eigenvalue weighted by Crippen LogP contribution is -2.28. The normalized spacial score (nSPS) is 17.2. The first-order valence-corrected chi connectivity index (χ1v) is 6.07. The highest BCUT2D eigenvalue weighted by molar-refractivity contribution is 5.75. The van der Waals surface area contributed by atoms with E-state index >= 15 is 0 Å². The fraction of sp³-hybridized carbons (Fsp3) is 0.727. The van der Waals surface area contributed by atoms with E-state index in [9.17, 15) is 4.79 Å². The second kappa shape index (κ2) is 5.77. The topological polar surface area (TPSA) is 94.0 Å². The van der Waals surface area contributed by atoms with E-state index in [-0.39, 0.29) is 6.54 Å². The standard InChI is InChI=1S/C11H18N4O2/c12-9(16)6-13-7-10-14-11(15-17-10)8-4-2-1-3-5-8/h8,13H,1-7H2,(H2,12,16). The largest absolute Gasteiger partial charge is 0.369 e. The highest BCUT2D eigenvalue weighted by atomic mass is 16.5. The van der Waals surface area contributed by atoms with E-state index in [0.29, 0.717) is 18.4 Å². The van der Waals surface area contributed by atoms with Gasteiger partial charge in [0.05, 0.1) is 13.1 Å². The van der Waals surface area contributed by atoms with Crippen LogP contribution in [0.25, 0.3) is 0 Å². The molecule has 0 radical (unpaired) electrons. The van der Waals surface area contributed by atoms with Crippen LogP contribution in [0.5, 0.6) is 0 Å². The molecule has 0 aromatic carbocycles. The zero-order valence-electron chi connectivity index (χ0n) is 9.82. The molecule has 1 amide bonds. The summed E-state index contributed by atoms with van der Waals surface area (Å²) in [5.74, 6) is 1.38. The van der Waals surface area contributed by atoms with Gasteiger partial charge in [-0.05, 0) is 12.8 Å². The van der Waals surface area contributed by atoms with Gasteiger partial charge in [-0.15, -0.1) is 0 Å². The van der Waals surface area contributed by atoms with E-state index in [1.807, 2.05) is 0 Å². The maximum absolute atomic E-state index is 10.5. The van der Waals surface area contributed by atoms with Crippen LogP contribution in [0.1, 0.15) is 49.7 Å². The zero-order chi connectivity index (χ0) is 12.1. The van der Waals surface area contributed by atoms with Crippen molar-refractivity contribution in [2.45, 2.75) is 44.6 Å². The van der Waals surface area contributed by atoms with Gasteiger partial charge in [-0.3, -0.25) is 10.1 Å². The Bertz CT molecular complexity index is 371. The number of hydrogen-bond donors (Lipinski definition) is 2. The van der Waals surface area contributed by atoms with Crippen LogP contribution in [-0.2, 0) is 11.3 Å². The molecule has 0 atom stereocenters. The molecule has 0 aliphatic heterocycles. The summed E-state index contributed by atoms with van der Waals surface area (Å²) in [6.07, 6.45) is 6.09. The van der Waals surface area contributed by atoms with Gasteiger partial charge in [-0.1, -0.05) is 24.4 Å². The van der Waals surface area contributed by atoms with Crippen molar-refractivity contribution in [2.75, 3.05) is 6.54 Å². The Balaban J connectivity index is 1.84. The summed E-state index contributed by atoms with van der Waals surface area (Å²) < 4.78 is 5.12. The fourth-order valence-corrected chi connectivity index (χ4v) is 2.16. The molecule has 1 heterocycles. The first-order valence-electron chi connectivity index (χ1n) is 6.07. The number of nitrogens with one attached hydrogen (secondary N) is 1. The van der Waals surface area contributed by atoms with Gasteiger partial charge in [0.15, 0.2) is 5.82 Å². The Morgan fingerprint density at radius 1 is 1.41 bits per heavy atom. The smallest absolute Gasteiger partial charge is 0.240 e. The van der Waals surface area contributed by atoms with E-state index in [1.165, 1.54) is 19.3 Å². The summed E-state index contributed by atoms with van der Waals surface area (Å²) in [5, 5.41) is 6.84. The molecule has 3 N–H and O–H groups in total. The maximum Gasteiger partial charge on any atom is 0.240 e. The van der Waals surface area contributed by atoms with Crippen molar-refractivity contribution >= 4 is 5.91 Å². The lowest BCUT2D eigenvalue weighted by atomic mass is 9.89. The maximum atomic E-state index is 10.5. The molecule has 1 aliphatic rings. The minimum atomic E-state index is -0.392. The van der Waals surface area contributed by atoms with Crippen LogP contribution in [0.4, 0.5) is 0 Å². The monoisotopic (exact) mass is 238 g/mol. The summed E-state index contributed by atoms with van der Waals surface area (Å²) >= 11 is 0. The predicted octanol–water partition coefficient (Wildman–Crippen LogP) is 0.692. The second-order valence-corrected chi connectivity index (χ2v) is 4.45. The number of nitrogens with zero attached hydrogens (tertiary/aromatic N) is 2. The Morgan fingerprint density at radius 3 is 2.88 bits per heavy atom. The van der Waals surface area contributed by atoms with Crippen molar-refractivity contribution in [1.29, 1.82) is 0 Å². The van der Waals surface area contributed by atoms with Gasteiger partial charge in [0.2, 0.25) is 11.8 Å². The van der Waals surface area contributed by atoms with E-state index in [4.69, 9.17) is 10.3 Å². The Hall–Kier alpha value is -1.43. The summed E-state index contributed by atoms with van der Waals surface area (Å²) in [6, 6.07) is 0. The average molecular weight is 238 g/mol. The van der Waals surface area contributed by atoms with E-state index < -0.39 is 5.91 Å². The first-order chi connectivity index (χ1) is 8.25. The van der Waals surface area contributed by atoms with Crippen molar-refractivity contribution in [1.82, 2.24) is 15.5 Å². The Morgan fingerprint density at radius 2 is 2.18 bits per heavy atom. The third-order valence-electron chi connectivity index (χ3n) is 3.03. The van der Waals surface area contributed by atoms with Gasteiger partial charge in [-0.2, -0.15) is 4.98 Å². The van der Waals surface area contributed by atoms with Crippen LogP contribution in [-0.4, -0.2) is 22.6 Å². The Kier molecular flexibility index (Phi) is 4.08. The van der Waals surface area contributed by atoms with E-state index in [0.717, 1.165) is 18.7 Å². The zero-order valence-corrected chi connectivity index (χ0v) is 9.82. The third kappa shape index (κ3) is 3.52. The number of hydrogen-bond acceptors (Lipinski definition) is 5. The molecule has 1 aromatic rings. The number of aromatic nitrogens is 2. The second-order valence-electron chi connectivity index (χ2n) is 4.45. The number of carbonyl (C=O) groups is 1. The minimum Gasteiger partial charge on any atom is -0.369 e. The molecule has 1 saturated carbocycles. The predicted molar refractivity (Wildman–Crippen MR) is 61.0 cm³/mol. The number of amides is 1. The summed E-state index contributed by atoms with van der Waals surface area (Å²) in [5.41, 5.74) is 5.01. The van der Waals surface area contributed by atoms with E-state index in [2.05, 4.69) is 15.5 Å². The summed E-state index contributed by atoms with van der Waals surface area (Å²) in [6.45, 7) is 0.518. The molecule has 1 fully saturated rings. The van der Waals surface area contributed by atoms with E-state index in [1.54, 1.807) is 0 Å². The van der Waals surface area contributed by atoms with Gasteiger partial charge in [-0.25, -0.2) is 0 Å². The van der Waals surface area contributed by atoms with Crippen molar-refractivity contribution < 1.29 is 9.32 Å². The molecule has 0 saturated heterocycles. The van der Waals surface area contributed by atoms with Gasteiger partial charge in [0, 0.05) is 5.92 Å². The molecular weight excluding hydrogens is 220 g/mol. The highest BCUT2D eigenvalue weighted by Gasteiger charge is 2.20. The van der Waals surface area contributed by atoms with Gasteiger partial charge in [0.25, 0.3) is 0 Å². The lowest BCUT2D eigenvalue weighted by Gasteiger charge is -2.17. The molecule has 2 rings (SSSR count). The quantitative estimate of drug-likeness (QED) is 0.787. The number of primary amides is 1. The van der Waals surface area contributed by atoms with Crippen molar-refractivity contribution in [3.05, 3.63) is 11.7 Å². The summed E-state index contributed by atoms with van der Waals surface area (Å²) in [4.78, 5) is 14.9. The van der Waals surface area contributed by atoms with Crippen LogP contribution in [0, 0.1) is 0 Å². The fourth-order valence-electron chi connectivity index (χ4n) is 2.16. The number of carbonyl (C=O) groups excluding carboxylic acids is 1. The highest BCUT2D eigenvalue weighted by Crippen LogP contribution is 2.30. The first kappa shape index (κ1) is 12.0. The van der Waals surface area contributed by atoms with Crippen LogP contribution >= 0.6 is 0 Å². The van der Waals surface area contributed by atoms with Crippen molar-refractivity contribution in [3.8, 4) is 0 Å². The minimum absolute atomic E-state index is 0.126.